The maximum absolute atomic E-state index is 13.0. The lowest BCUT2D eigenvalue weighted by atomic mass is 10.0. The Balaban J connectivity index is 2.05. The smallest absolute Gasteiger partial charge is 0.327 e. The largest absolute Gasteiger partial charge is 0.480 e. The van der Waals surface area contributed by atoms with Gasteiger partial charge in [-0.1, -0.05) is 12.1 Å². The third-order valence-corrected chi connectivity index (χ3v) is 5.30. The summed E-state index contributed by atoms with van der Waals surface area (Å²) in [5.74, 6) is -1.08. The molecule has 0 spiro atoms. The van der Waals surface area contributed by atoms with Gasteiger partial charge in [0.05, 0.1) is 0 Å². The summed E-state index contributed by atoms with van der Waals surface area (Å²) in [6, 6.07) is 5.18. The zero-order valence-corrected chi connectivity index (χ0v) is 10.8. The van der Waals surface area contributed by atoms with Gasteiger partial charge in [0.1, 0.15) is 16.7 Å². The molecule has 0 aliphatic carbocycles. The van der Waals surface area contributed by atoms with Gasteiger partial charge >= 0.3 is 5.97 Å². The number of thioether (sulfide) groups is 1. The number of fused-ring (bicyclic) bond motifs is 1. The van der Waals surface area contributed by atoms with Crippen LogP contribution in [0, 0.1) is 5.82 Å². The van der Waals surface area contributed by atoms with E-state index >= 15 is 0 Å². The first-order valence-electron chi connectivity index (χ1n) is 5.99. The predicted octanol–water partition coefficient (Wildman–Crippen LogP) is 1.80. The first-order valence-corrected chi connectivity index (χ1v) is 6.98. The predicted molar refractivity (Wildman–Crippen MR) is 68.0 cm³/mol. The third-order valence-electron chi connectivity index (χ3n) is 3.71. The highest BCUT2D eigenvalue weighted by Crippen LogP contribution is 2.54. The van der Waals surface area contributed by atoms with Crippen LogP contribution >= 0.6 is 11.8 Å². The molecule has 1 aromatic rings. The van der Waals surface area contributed by atoms with Crippen molar-refractivity contribution in [2.45, 2.75) is 23.8 Å². The summed E-state index contributed by atoms with van der Waals surface area (Å²) in [7, 11) is 0. The Morgan fingerprint density at radius 2 is 2.11 bits per heavy atom. The Morgan fingerprint density at radius 3 is 2.74 bits per heavy atom. The van der Waals surface area contributed by atoms with Crippen molar-refractivity contribution in [1.82, 2.24) is 4.90 Å². The van der Waals surface area contributed by atoms with Crippen molar-refractivity contribution >= 4 is 23.6 Å². The van der Waals surface area contributed by atoms with Crippen molar-refractivity contribution in [2.75, 3.05) is 5.75 Å². The summed E-state index contributed by atoms with van der Waals surface area (Å²) in [5, 5.41) is 9.22. The maximum atomic E-state index is 13.0. The average molecular weight is 281 g/mol. The first kappa shape index (κ1) is 12.5. The highest BCUT2D eigenvalue weighted by atomic mass is 32.2. The summed E-state index contributed by atoms with van der Waals surface area (Å²) >= 11 is 1.46. The summed E-state index contributed by atoms with van der Waals surface area (Å²) in [5.41, 5.74) is 0.800. The summed E-state index contributed by atoms with van der Waals surface area (Å²) < 4.78 is 13.0. The number of aliphatic carboxylic acids is 1. The van der Waals surface area contributed by atoms with E-state index in [0.717, 1.165) is 5.56 Å². The number of carboxylic acids is 1. The first-order chi connectivity index (χ1) is 9.04. The Bertz CT molecular complexity index is 547. The minimum atomic E-state index is -0.980. The molecule has 0 aromatic heterocycles. The van der Waals surface area contributed by atoms with E-state index in [1.54, 1.807) is 12.1 Å². The topological polar surface area (TPSA) is 57.6 Å². The molecule has 4 nitrogen and oxygen atoms in total. The SMILES string of the molecule is O=C(O)[C@@H]1CS[C@@]2(c3ccc(F)cc3)CCC(=O)N12. The van der Waals surface area contributed by atoms with Gasteiger partial charge in [-0.25, -0.2) is 9.18 Å². The molecule has 19 heavy (non-hydrogen) atoms. The molecule has 2 fully saturated rings. The summed E-state index contributed by atoms with van der Waals surface area (Å²) in [6.07, 6.45) is 0.917. The average Bonchev–Trinajstić information content (AvgIpc) is 2.90. The van der Waals surface area contributed by atoms with Crippen LogP contribution in [-0.4, -0.2) is 33.7 Å². The normalized spacial score (nSPS) is 29.6. The molecule has 2 aliphatic rings. The van der Waals surface area contributed by atoms with Crippen LogP contribution in [0.1, 0.15) is 18.4 Å². The summed E-state index contributed by atoms with van der Waals surface area (Å²) in [6.45, 7) is 0. The Hall–Kier alpha value is -1.56. The van der Waals surface area contributed by atoms with Crippen LogP contribution in [-0.2, 0) is 14.5 Å². The molecule has 2 saturated heterocycles. The van der Waals surface area contributed by atoms with E-state index < -0.39 is 16.9 Å². The molecule has 1 aromatic carbocycles. The van der Waals surface area contributed by atoms with Gasteiger partial charge in [0.2, 0.25) is 5.91 Å². The second-order valence-electron chi connectivity index (χ2n) is 4.72. The van der Waals surface area contributed by atoms with Gasteiger partial charge in [0.15, 0.2) is 0 Å². The number of rotatable bonds is 2. The number of carbonyl (C=O) groups excluding carboxylic acids is 1. The zero-order chi connectivity index (χ0) is 13.6. The van der Waals surface area contributed by atoms with Crippen molar-refractivity contribution in [3.8, 4) is 0 Å². The molecule has 0 unspecified atom stereocenters. The monoisotopic (exact) mass is 281 g/mol. The van der Waals surface area contributed by atoms with Crippen molar-refractivity contribution in [3.05, 3.63) is 35.6 Å². The Kier molecular flexibility index (Phi) is 2.78. The minimum absolute atomic E-state index is 0.137. The van der Waals surface area contributed by atoms with Crippen molar-refractivity contribution in [3.63, 3.8) is 0 Å². The van der Waals surface area contributed by atoms with Gasteiger partial charge in [-0.3, -0.25) is 4.79 Å². The van der Waals surface area contributed by atoms with Crippen LogP contribution in [0.2, 0.25) is 0 Å². The number of hydrogen-bond acceptors (Lipinski definition) is 3. The van der Waals surface area contributed by atoms with E-state index in [2.05, 4.69) is 0 Å². The second kappa shape index (κ2) is 4.23. The lowest BCUT2D eigenvalue weighted by Gasteiger charge is -2.33. The molecule has 0 bridgehead atoms. The lowest BCUT2D eigenvalue weighted by molar-refractivity contribution is -0.148. The summed E-state index contributed by atoms with van der Waals surface area (Å²) in [4.78, 5) is 24.1. The van der Waals surface area contributed by atoms with Crippen molar-refractivity contribution in [2.24, 2.45) is 0 Å². The zero-order valence-electron chi connectivity index (χ0n) is 10.0. The Labute approximate surface area is 113 Å². The number of nitrogens with zero attached hydrogens (tertiary/aromatic N) is 1. The van der Waals surface area contributed by atoms with Crippen molar-refractivity contribution < 1.29 is 19.1 Å². The molecule has 2 atom stereocenters. The van der Waals surface area contributed by atoms with E-state index in [1.165, 1.54) is 28.8 Å². The number of hydrogen-bond donors (Lipinski definition) is 1. The van der Waals surface area contributed by atoms with Crippen LogP contribution in [0.15, 0.2) is 24.3 Å². The Morgan fingerprint density at radius 1 is 1.42 bits per heavy atom. The van der Waals surface area contributed by atoms with E-state index in [4.69, 9.17) is 0 Å². The molecule has 3 rings (SSSR count). The highest BCUT2D eigenvalue weighted by molar-refractivity contribution is 8.00. The van der Waals surface area contributed by atoms with Crippen LogP contribution in [0.4, 0.5) is 4.39 Å². The molecule has 1 N–H and O–H groups in total. The highest BCUT2D eigenvalue weighted by Gasteiger charge is 2.56. The van der Waals surface area contributed by atoms with Gasteiger partial charge < -0.3 is 10.0 Å². The van der Waals surface area contributed by atoms with Gasteiger partial charge in [-0.2, -0.15) is 0 Å². The lowest BCUT2D eigenvalue weighted by Crippen LogP contribution is -2.45. The molecule has 0 radical (unpaired) electrons. The molecule has 2 aliphatic heterocycles. The fourth-order valence-electron chi connectivity index (χ4n) is 2.84. The molecule has 6 heteroatoms. The number of carbonyl (C=O) groups is 2. The molecule has 1 amide bonds. The third kappa shape index (κ3) is 1.74. The molecule has 0 saturated carbocycles. The molecule has 100 valence electrons. The van der Waals surface area contributed by atoms with E-state index in [-0.39, 0.29) is 11.7 Å². The van der Waals surface area contributed by atoms with Gasteiger partial charge in [-0.15, -0.1) is 11.8 Å². The van der Waals surface area contributed by atoms with E-state index in [0.29, 0.717) is 18.6 Å². The number of amides is 1. The standard InChI is InChI=1S/C13H12FNO3S/c14-9-3-1-8(2-4-9)13-6-5-11(16)15(13)10(7-19-13)12(17)18/h1-4,10H,5-7H2,(H,17,18)/t10-,13+/m0/s1. The second-order valence-corrected chi connectivity index (χ2v) is 6.02. The molecular weight excluding hydrogens is 269 g/mol. The fraction of sp³-hybridized carbons (Fsp3) is 0.385. The minimum Gasteiger partial charge on any atom is -0.480 e. The van der Waals surface area contributed by atoms with E-state index in [1.807, 2.05) is 0 Å². The fourth-order valence-corrected chi connectivity index (χ4v) is 4.48. The van der Waals surface area contributed by atoms with E-state index in [9.17, 15) is 19.1 Å². The van der Waals surface area contributed by atoms with Gasteiger partial charge in [0, 0.05) is 12.2 Å². The maximum Gasteiger partial charge on any atom is 0.327 e. The van der Waals surface area contributed by atoms with Crippen LogP contribution in [0.3, 0.4) is 0 Å². The van der Waals surface area contributed by atoms with Crippen molar-refractivity contribution in [1.29, 1.82) is 0 Å². The quantitative estimate of drug-likeness (QED) is 0.898. The molecular formula is C13H12FNO3S. The van der Waals surface area contributed by atoms with Crippen LogP contribution < -0.4 is 0 Å². The number of benzene rings is 1. The van der Waals surface area contributed by atoms with Crippen LogP contribution in [0.5, 0.6) is 0 Å². The number of halogens is 1. The number of carboxylic acid groups (broad SMARTS) is 1. The van der Waals surface area contributed by atoms with Gasteiger partial charge in [0.25, 0.3) is 0 Å². The molecule has 2 heterocycles. The van der Waals surface area contributed by atoms with Crippen LogP contribution in [0.25, 0.3) is 0 Å². The van der Waals surface area contributed by atoms with Gasteiger partial charge in [-0.05, 0) is 24.1 Å².